The Morgan fingerprint density at radius 3 is 2.10 bits per heavy atom. The third-order valence-corrected chi connectivity index (χ3v) is 3.27. The zero-order valence-corrected chi connectivity index (χ0v) is 12.0. The molecule has 0 unspecified atom stereocenters. The van der Waals surface area contributed by atoms with E-state index in [0.29, 0.717) is 13.1 Å². The number of hydrogen-bond donors (Lipinski definition) is 1. The average Bonchev–Trinajstić information content (AvgIpc) is 2.35. The molecule has 1 aromatic rings. The lowest BCUT2D eigenvalue weighted by Crippen LogP contribution is -2.48. The van der Waals surface area contributed by atoms with E-state index in [9.17, 15) is 13.2 Å². The number of nitrogens with zero attached hydrogens (tertiary/aromatic N) is 1. The lowest BCUT2D eigenvalue weighted by molar-refractivity contribution is -0.274. The summed E-state index contributed by atoms with van der Waals surface area (Å²) in [5.74, 6) is -0.206. The quantitative estimate of drug-likeness (QED) is 0.874. The van der Waals surface area contributed by atoms with Gasteiger partial charge in [-0.25, -0.2) is 0 Å². The molecule has 0 aromatic heterocycles. The normalized spacial score (nSPS) is 12.8. The average molecular weight is 290 g/mol. The third kappa shape index (κ3) is 5.02. The molecule has 6 heteroatoms. The number of halogens is 3. The predicted molar refractivity (Wildman–Crippen MR) is 72.3 cm³/mol. The summed E-state index contributed by atoms with van der Waals surface area (Å²) in [4.78, 5) is 2.17. The largest absolute Gasteiger partial charge is 0.573 e. The van der Waals surface area contributed by atoms with Crippen LogP contribution in [0.15, 0.2) is 24.3 Å². The first-order chi connectivity index (χ1) is 9.18. The van der Waals surface area contributed by atoms with Crippen molar-refractivity contribution in [2.24, 2.45) is 5.73 Å². The zero-order chi connectivity index (χ0) is 15.4. The van der Waals surface area contributed by atoms with Crippen LogP contribution in [0, 0.1) is 0 Å². The number of nitrogens with two attached hydrogens (primary N) is 1. The van der Waals surface area contributed by atoms with Crippen LogP contribution in [0.1, 0.15) is 26.3 Å². The molecule has 0 saturated carbocycles. The molecule has 114 valence electrons. The standard InChI is InChI=1S/C14H21F3N2O/c1-4-19(13(2,3)10-18)9-11-5-7-12(8-6-11)20-14(15,16)17/h5-8H,4,9-10,18H2,1-3H3. The number of likely N-dealkylation sites (N-methyl/N-ethyl adjacent to an activating group) is 1. The van der Waals surface area contributed by atoms with E-state index in [2.05, 4.69) is 9.64 Å². The van der Waals surface area contributed by atoms with Gasteiger partial charge in [-0.3, -0.25) is 4.90 Å². The summed E-state index contributed by atoms with van der Waals surface area (Å²) in [6.07, 6.45) is -4.65. The van der Waals surface area contributed by atoms with Gasteiger partial charge in [-0.15, -0.1) is 13.2 Å². The van der Waals surface area contributed by atoms with Crippen molar-refractivity contribution in [2.45, 2.75) is 39.2 Å². The van der Waals surface area contributed by atoms with Crippen molar-refractivity contribution in [2.75, 3.05) is 13.1 Å². The molecule has 0 fully saturated rings. The van der Waals surface area contributed by atoms with Crippen LogP contribution in [-0.4, -0.2) is 29.9 Å². The molecule has 1 aromatic carbocycles. The molecular formula is C14H21F3N2O. The smallest absolute Gasteiger partial charge is 0.406 e. The van der Waals surface area contributed by atoms with Crippen molar-refractivity contribution in [3.63, 3.8) is 0 Å². The maximum Gasteiger partial charge on any atom is 0.573 e. The van der Waals surface area contributed by atoms with Gasteiger partial charge >= 0.3 is 6.36 Å². The Bertz CT molecular complexity index is 415. The highest BCUT2D eigenvalue weighted by molar-refractivity contribution is 5.27. The van der Waals surface area contributed by atoms with Crippen molar-refractivity contribution in [1.29, 1.82) is 0 Å². The Balaban J connectivity index is 2.74. The molecule has 0 atom stereocenters. The summed E-state index contributed by atoms with van der Waals surface area (Å²) in [5.41, 5.74) is 6.51. The third-order valence-electron chi connectivity index (χ3n) is 3.27. The Morgan fingerprint density at radius 2 is 1.70 bits per heavy atom. The number of benzene rings is 1. The summed E-state index contributed by atoms with van der Waals surface area (Å²) in [7, 11) is 0. The maximum absolute atomic E-state index is 12.1. The number of ether oxygens (including phenoxy) is 1. The molecule has 0 aliphatic carbocycles. The molecule has 0 spiro atoms. The fraction of sp³-hybridized carbons (Fsp3) is 0.571. The first-order valence-corrected chi connectivity index (χ1v) is 6.48. The van der Waals surface area contributed by atoms with Gasteiger partial charge < -0.3 is 10.5 Å². The van der Waals surface area contributed by atoms with E-state index in [1.807, 2.05) is 20.8 Å². The Morgan fingerprint density at radius 1 is 1.15 bits per heavy atom. The minimum atomic E-state index is -4.65. The first kappa shape index (κ1) is 16.8. The van der Waals surface area contributed by atoms with Crippen molar-refractivity contribution in [1.82, 2.24) is 4.90 Å². The van der Waals surface area contributed by atoms with Crippen LogP contribution in [-0.2, 0) is 6.54 Å². The lowest BCUT2D eigenvalue weighted by Gasteiger charge is -2.37. The Labute approximate surface area is 117 Å². The van der Waals surface area contributed by atoms with Crippen LogP contribution < -0.4 is 10.5 Å². The fourth-order valence-electron chi connectivity index (χ4n) is 1.90. The summed E-state index contributed by atoms with van der Waals surface area (Å²) in [6.45, 7) is 8.06. The van der Waals surface area contributed by atoms with Gasteiger partial charge in [0.2, 0.25) is 0 Å². The van der Waals surface area contributed by atoms with E-state index in [1.165, 1.54) is 12.1 Å². The van der Waals surface area contributed by atoms with Crippen LogP contribution in [0.5, 0.6) is 5.75 Å². The van der Waals surface area contributed by atoms with Crippen molar-refractivity contribution < 1.29 is 17.9 Å². The molecule has 0 radical (unpaired) electrons. The van der Waals surface area contributed by atoms with Crippen LogP contribution in [0.4, 0.5) is 13.2 Å². The monoisotopic (exact) mass is 290 g/mol. The number of hydrogen-bond acceptors (Lipinski definition) is 3. The molecule has 0 aliphatic heterocycles. The molecule has 3 nitrogen and oxygen atoms in total. The van der Waals surface area contributed by atoms with Crippen molar-refractivity contribution in [3.8, 4) is 5.75 Å². The SMILES string of the molecule is CCN(Cc1ccc(OC(F)(F)F)cc1)C(C)(C)CN. The van der Waals surface area contributed by atoms with E-state index >= 15 is 0 Å². The first-order valence-electron chi connectivity index (χ1n) is 6.48. The van der Waals surface area contributed by atoms with E-state index in [4.69, 9.17) is 5.73 Å². The van der Waals surface area contributed by atoms with Crippen LogP contribution in [0.3, 0.4) is 0 Å². The Hall–Kier alpha value is -1.27. The minimum absolute atomic E-state index is 0.157. The molecule has 0 heterocycles. The topological polar surface area (TPSA) is 38.5 Å². The second-order valence-corrected chi connectivity index (χ2v) is 5.22. The molecule has 2 N–H and O–H groups in total. The van der Waals surface area contributed by atoms with Crippen LogP contribution >= 0.6 is 0 Å². The second kappa shape index (κ2) is 6.45. The molecule has 20 heavy (non-hydrogen) atoms. The molecule has 0 aliphatic rings. The van der Waals surface area contributed by atoms with Gasteiger partial charge in [0.25, 0.3) is 0 Å². The van der Waals surface area contributed by atoms with E-state index < -0.39 is 6.36 Å². The molecule has 0 saturated heterocycles. The van der Waals surface area contributed by atoms with Gasteiger partial charge in [0.1, 0.15) is 5.75 Å². The van der Waals surface area contributed by atoms with E-state index in [0.717, 1.165) is 12.1 Å². The van der Waals surface area contributed by atoms with Gasteiger partial charge in [0.15, 0.2) is 0 Å². The summed E-state index contributed by atoms with van der Waals surface area (Å²) >= 11 is 0. The number of rotatable bonds is 6. The number of alkyl halides is 3. The molecular weight excluding hydrogens is 269 g/mol. The van der Waals surface area contributed by atoms with Crippen LogP contribution in [0.25, 0.3) is 0 Å². The minimum Gasteiger partial charge on any atom is -0.406 e. The van der Waals surface area contributed by atoms with E-state index in [-0.39, 0.29) is 11.3 Å². The predicted octanol–water partition coefficient (Wildman–Crippen LogP) is 3.14. The molecule has 0 amide bonds. The van der Waals surface area contributed by atoms with Gasteiger partial charge in [0.05, 0.1) is 0 Å². The lowest BCUT2D eigenvalue weighted by atomic mass is 10.0. The highest BCUT2D eigenvalue weighted by atomic mass is 19.4. The van der Waals surface area contributed by atoms with Crippen LogP contribution in [0.2, 0.25) is 0 Å². The van der Waals surface area contributed by atoms with Crippen molar-refractivity contribution in [3.05, 3.63) is 29.8 Å². The highest BCUT2D eigenvalue weighted by Crippen LogP contribution is 2.24. The summed E-state index contributed by atoms with van der Waals surface area (Å²) in [5, 5.41) is 0. The highest BCUT2D eigenvalue weighted by Gasteiger charge is 2.31. The maximum atomic E-state index is 12.1. The molecule has 1 rings (SSSR count). The van der Waals surface area contributed by atoms with Crippen molar-refractivity contribution >= 4 is 0 Å². The van der Waals surface area contributed by atoms with E-state index in [1.54, 1.807) is 12.1 Å². The van der Waals surface area contributed by atoms with Gasteiger partial charge in [0, 0.05) is 18.6 Å². The van der Waals surface area contributed by atoms with Gasteiger partial charge in [-0.2, -0.15) is 0 Å². The Kier molecular flexibility index (Phi) is 5.42. The molecule has 0 bridgehead atoms. The van der Waals surface area contributed by atoms with Gasteiger partial charge in [-0.05, 0) is 38.1 Å². The van der Waals surface area contributed by atoms with Gasteiger partial charge in [-0.1, -0.05) is 19.1 Å². The second-order valence-electron chi connectivity index (χ2n) is 5.22. The summed E-state index contributed by atoms with van der Waals surface area (Å²) < 4.78 is 40.0. The fourth-order valence-corrected chi connectivity index (χ4v) is 1.90. The zero-order valence-electron chi connectivity index (χ0n) is 12.0. The summed E-state index contributed by atoms with van der Waals surface area (Å²) in [6, 6.07) is 5.92.